The molecule has 0 radical (unpaired) electrons. The number of likely N-dealkylation sites (N-methyl/N-ethyl adjacent to an activating group) is 1. The molecular weight excluding hydrogens is 553 g/mol. The molecule has 3 atom stereocenters. The number of carbonyl (C=O) groups is 2. The number of ether oxygens (including phenoxy) is 2. The molecule has 2 aromatic carbocycles. The van der Waals surface area contributed by atoms with E-state index in [1.54, 1.807) is 7.11 Å². The van der Waals surface area contributed by atoms with Crippen LogP contribution in [-0.2, 0) is 10.2 Å². The highest BCUT2D eigenvalue weighted by Gasteiger charge is 2.50. The average Bonchev–Trinajstić information content (AvgIpc) is 3.23. The summed E-state index contributed by atoms with van der Waals surface area (Å²) < 4.78 is 69.9. The van der Waals surface area contributed by atoms with Gasteiger partial charge in [0.15, 0.2) is 23.1 Å². The highest BCUT2D eigenvalue weighted by Crippen LogP contribution is 2.50. The van der Waals surface area contributed by atoms with Gasteiger partial charge in [0, 0.05) is 29.3 Å². The van der Waals surface area contributed by atoms with Gasteiger partial charge < -0.3 is 30.1 Å². The van der Waals surface area contributed by atoms with Crippen LogP contribution in [0.3, 0.4) is 0 Å². The first-order valence-electron chi connectivity index (χ1n) is 13.0. The van der Waals surface area contributed by atoms with E-state index in [1.807, 2.05) is 19.9 Å². The maximum Gasteiger partial charge on any atom is 0.490 e. The molecule has 4 rings (SSSR count). The third kappa shape index (κ3) is 7.78. The maximum atomic E-state index is 13.5. The van der Waals surface area contributed by atoms with E-state index in [2.05, 4.69) is 34.7 Å². The Bertz CT molecular complexity index is 1240. The van der Waals surface area contributed by atoms with Crippen LogP contribution in [0, 0.1) is 11.6 Å². The van der Waals surface area contributed by atoms with Gasteiger partial charge >= 0.3 is 18.2 Å². The molecule has 226 valence electrons. The van der Waals surface area contributed by atoms with Crippen LogP contribution < -0.4 is 20.1 Å². The largest absolute Gasteiger partial charge is 0.493 e. The van der Waals surface area contributed by atoms with Crippen molar-refractivity contribution in [2.75, 3.05) is 26.0 Å². The Morgan fingerprint density at radius 2 is 1.76 bits per heavy atom. The number of aliphatic carboxylic acids is 1. The summed E-state index contributed by atoms with van der Waals surface area (Å²) in [5.41, 5.74) is 1.43. The molecule has 1 aliphatic heterocycles. The van der Waals surface area contributed by atoms with Gasteiger partial charge in [-0.2, -0.15) is 13.2 Å². The molecular formula is C28H34F5N3O5. The summed E-state index contributed by atoms with van der Waals surface area (Å²) in [6.07, 6.45) is -1.44. The summed E-state index contributed by atoms with van der Waals surface area (Å²) >= 11 is 0. The van der Waals surface area contributed by atoms with Crippen molar-refractivity contribution in [2.24, 2.45) is 0 Å². The monoisotopic (exact) mass is 587 g/mol. The lowest BCUT2D eigenvalue weighted by Crippen LogP contribution is -2.52. The molecule has 8 nitrogen and oxygen atoms in total. The number of hydrogen-bond donors (Lipinski definition) is 3. The van der Waals surface area contributed by atoms with Gasteiger partial charge in [-0.1, -0.05) is 6.07 Å². The Kier molecular flexibility index (Phi) is 10.1. The molecule has 0 spiro atoms. The highest BCUT2D eigenvalue weighted by molar-refractivity contribution is 5.89. The van der Waals surface area contributed by atoms with E-state index in [4.69, 9.17) is 19.4 Å². The Morgan fingerprint density at radius 3 is 2.34 bits per heavy atom. The lowest BCUT2D eigenvalue weighted by molar-refractivity contribution is -0.192. The first-order valence-corrected chi connectivity index (χ1v) is 13.0. The minimum atomic E-state index is -5.08. The van der Waals surface area contributed by atoms with Gasteiger partial charge in [-0.25, -0.2) is 18.4 Å². The molecule has 2 amide bonds. The Morgan fingerprint density at radius 1 is 1.07 bits per heavy atom. The van der Waals surface area contributed by atoms with Crippen LogP contribution in [-0.4, -0.2) is 67.1 Å². The fourth-order valence-corrected chi connectivity index (χ4v) is 5.50. The second kappa shape index (κ2) is 12.9. The number of likely N-dealkylation sites (tertiary alicyclic amines) is 1. The summed E-state index contributed by atoms with van der Waals surface area (Å²) in [4.78, 5) is 23.8. The first-order chi connectivity index (χ1) is 19.2. The van der Waals surface area contributed by atoms with Gasteiger partial charge in [-0.15, -0.1) is 0 Å². The number of nitrogens with one attached hydrogen (secondary N) is 2. The lowest BCUT2D eigenvalue weighted by Gasteiger charge is -2.45. The van der Waals surface area contributed by atoms with Crippen molar-refractivity contribution >= 4 is 17.7 Å². The number of benzene rings is 2. The number of anilines is 1. The van der Waals surface area contributed by atoms with Gasteiger partial charge in [-0.3, -0.25) is 0 Å². The predicted molar refractivity (Wildman–Crippen MR) is 141 cm³/mol. The zero-order valence-corrected chi connectivity index (χ0v) is 23.1. The molecule has 2 fully saturated rings. The molecule has 0 bridgehead atoms. The number of rotatable bonds is 6. The zero-order chi connectivity index (χ0) is 30.5. The van der Waals surface area contributed by atoms with E-state index < -0.39 is 29.8 Å². The molecule has 1 saturated heterocycles. The molecule has 13 heteroatoms. The maximum absolute atomic E-state index is 13.5. The molecule has 1 heterocycles. The second-order valence-corrected chi connectivity index (χ2v) is 10.4. The topological polar surface area (TPSA) is 100 Å². The second-order valence-electron chi connectivity index (χ2n) is 10.4. The number of fused-ring (bicyclic) bond motifs is 1. The normalized spacial score (nSPS) is 22.3. The Labute approximate surface area is 234 Å². The van der Waals surface area contributed by atoms with Crippen LogP contribution in [0.1, 0.15) is 45.1 Å². The number of alkyl halides is 3. The van der Waals surface area contributed by atoms with Crippen LogP contribution in [0.25, 0.3) is 0 Å². The van der Waals surface area contributed by atoms with E-state index in [9.17, 15) is 26.7 Å². The smallest absolute Gasteiger partial charge is 0.490 e. The van der Waals surface area contributed by atoms with Crippen LogP contribution in [0.5, 0.6) is 11.5 Å². The number of amides is 2. The van der Waals surface area contributed by atoms with Gasteiger partial charge in [0.25, 0.3) is 0 Å². The minimum Gasteiger partial charge on any atom is -0.493 e. The number of halogens is 5. The van der Waals surface area contributed by atoms with E-state index in [0.717, 1.165) is 55.9 Å². The van der Waals surface area contributed by atoms with E-state index in [-0.39, 0.29) is 29.3 Å². The molecule has 2 aromatic rings. The van der Waals surface area contributed by atoms with Crippen molar-refractivity contribution < 1.29 is 46.1 Å². The van der Waals surface area contributed by atoms with Crippen LogP contribution in [0.15, 0.2) is 36.4 Å². The van der Waals surface area contributed by atoms with Crippen LogP contribution in [0.4, 0.5) is 32.4 Å². The fraction of sp³-hybridized carbons (Fsp3) is 0.500. The predicted octanol–water partition coefficient (Wildman–Crippen LogP) is 5.71. The number of methoxy groups -OCH3 is 1. The average molecular weight is 588 g/mol. The molecule has 0 unspecified atom stereocenters. The number of carbonyl (C=O) groups excluding carboxylic acids is 1. The number of urea groups is 1. The van der Waals surface area contributed by atoms with Crippen molar-refractivity contribution in [3.63, 3.8) is 0 Å². The van der Waals surface area contributed by atoms with E-state index in [1.165, 1.54) is 11.6 Å². The lowest BCUT2D eigenvalue weighted by atomic mass is 9.65. The molecule has 0 aromatic heterocycles. The molecule has 1 saturated carbocycles. The summed E-state index contributed by atoms with van der Waals surface area (Å²) in [5, 5.41) is 12.7. The third-order valence-corrected chi connectivity index (χ3v) is 7.38. The van der Waals surface area contributed by atoms with Crippen LogP contribution >= 0.6 is 0 Å². The number of carboxylic acids is 1. The van der Waals surface area contributed by atoms with Crippen molar-refractivity contribution in [2.45, 2.75) is 69.3 Å². The van der Waals surface area contributed by atoms with Gasteiger partial charge in [0.05, 0.1) is 13.2 Å². The van der Waals surface area contributed by atoms with Gasteiger partial charge in [0.1, 0.15) is 0 Å². The zero-order valence-electron chi connectivity index (χ0n) is 23.1. The van der Waals surface area contributed by atoms with Crippen molar-refractivity contribution in [3.8, 4) is 11.5 Å². The summed E-state index contributed by atoms with van der Waals surface area (Å²) in [6.45, 7) is 4.96. The summed E-state index contributed by atoms with van der Waals surface area (Å²) in [5.74, 6) is -3.22. The molecule has 1 aliphatic carbocycles. The Balaban J connectivity index is 0.000000587. The van der Waals surface area contributed by atoms with Crippen molar-refractivity contribution in [1.82, 2.24) is 10.2 Å². The fourth-order valence-electron chi connectivity index (χ4n) is 5.50. The van der Waals surface area contributed by atoms with E-state index >= 15 is 0 Å². The van der Waals surface area contributed by atoms with Gasteiger partial charge in [0.2, 0.25) is 0 Å². The number of hydrogen-bond acceptors (Lipinski definition) is 5. The number of nitrogens with zero attached hydrogens (tertiary/aromatic N) is 1. The third-order valence-electron chi connectivity index (χ3n) is 7.38. The molecule has 3 N–H and O–H groups in total. The molecule has 2 aliphatic rings. The Hall–Kier alpha value is -3.61. The minimum absolute atomic E-state index is 0.0191. The standard InChI is InChI=1S/C26H33F2N3O3.C2HF3O2/c1-16(2)34-22-8-5-17(13-23(22)33-4)26-10-9-19(15-24(26)31(3)12-11-26)30-25(32)29-18-6-7-20(27)21(28)14-18;3-2(4,5)1(6)7/h5-8,13-14,16,19,24H,9-12,15H2,1-4H3,(H2,29,30,32);(H,6,7)/t19-,24+,26+;/m1./s1. The van der Waals surface area contributed by atoms with Crippen molar-refractivity contribution in [3.05, 3.63) is 53.6 Å². The number of carboxylic acid groups (broad SMARTS) is 1. The van der Waals surface area contributed by atoms with E-state index in [0.29, 0.717) is 0 Å². The highest BCUT2D eigenvalue weighted by atomic mass is 19.4. The van der Waals surface area contributed by atoms with Gasteiger partial charge in [-0.05, 0) is 83.0 Å². The SMILES string of the molecule is COc1cc([C@@]23CC[C@@H](NC(=O)Nc4ccc(F)c(F)c4)C[C@@H]2N(C)CC3)ccc1OC(C)C.O=C(O)C(F)(F)F. The van der Waals surface area contributed by atoms with Crippen molar-refractivity contribution in [1.29, 1.82) is 0 Å². The summed E-state index contributed by atoms with van der Waals surface area (Å²) in [6, 6.07) is 9.40. The van der Waals surface area contributed by atoms with Crippen LogP contribution in [0.2, 0.25) is 0 Å². The summed E-state index contributed by atoms with van der Waals surface area (Å²) in [7, 11) is 3.79. The first kappa shape index (κ1) is 31.9. The quantitative estimate of drug-likeness (QED) is 0.375. The molecule has 41 heavy (non-hydrogen) atoms.